The quantitative estimate of drug-likeness (QED) is 0.379. The van der Waals surface area contributed by atoms with Crippen molar-refractivity contribution in [2.24, 2.45) is 0 Å². The van der Waals surface area contributed by atoms with Crippen molar-refractivity contribution in [1.29, 1.82) is 0 Å². The number of esters is 1. The number of rotatable bonds is 7. The van der Waals surface area contributed by atoms with Gasteiger partial charge in [-0.2, -0.15) is 4.31 Å². The molecule has 3 rings (SSSR count). The fraction of sp³-hybridized carbons (Fsp3) is 0.583. The standard InChI is InChI=1S/C24H34N2O5S/c27-23(25-21-9-5-1-2-6-10-21)19-31-24(28)16-13-20-11-14-22(15-12-20)32(29,30)26-17-7-3-4-8-18-26/h11-16,21H,1-10,17-19H2,(H,25,27)/b16-13+. The van der Waals surface area contributed by atoms with Gasteiger partial charge in [-0.25, -0.2) is 13.2 Å². The third-order valence-electron chi connectivity index (χ3n) is 6.06. The largest absolute Gasteiger partial charge is 0.452 e. The summed E-state index contributed by atoms with van der Waals surface area (Å²) in [6.45, 7) is 0.820. The van der Waals surface area contributed by atoms with Gasteiger partial charge >= 0.3 is 5.97 Å². The Morgan fingerprint density at radius 3 is 2.16 bits per heavy atom. The van der Waals surface area contributed by atoms with Crippen LogP contribution in [0.4, 0.5) is 0 Å². The Morgan fingerprint density at radius 2 is 1.53 bits per heavy atom. The summed E-state index contributed by atoms with van der Waals surface area (Å²) in [5, 5.41) is 2.94. The fourth-order valence-corrected chi connectivity index (χ4v) is 5.74. The van der Waals surface area contributed by atoms with Gasteiger partial charge in [-0.3, -0.25) is 4.79 Å². The average molecular weight is 463 g/mol. The molecule has 0 atom stereocenters. The molecule has 0 unspecified atom stereocenters. The highest BCUT2D eigenvalue weighted by molar-refractivity contribution is 7.89. The fourth-order valence-electron chi connectivity index (χ4n) is 4.22. The van der Waals surface area contributed by atoms with Crippen LogP contribution in [0.3, 0.4) is 0 Å². The molecule has 1 aromatic rings. The molecule has 1 heterocycles. The van der Waals surface area contributed by atoms with Crippen LogP contribution in [0.5, 0.6) is 0 Å². The number of amides is 1. The summed E-state index contributed by atoms with van der Waals surface area (Å²) in [6, 6.07) is 6.61. The van der Waals surface area contributed by atoms with E-state index in [1.54, 1.807) is 34.6 Å². The van der Waals surface area contributed by atoms with Gasteiger partial charge in [-0.15, -0.1) is 0 Å². The molecular weight excluding hydrogens is 428 g/mol. The van der Waals surface area contributed by atoms with Crippen molar-refractivity contribution in [2.75, 3.05) is 19.7 Å². The average Bonchev–Trinajstić information content (AvgIpc) is 3.22. The monoisotopic (exact) mass is 462 g/mol. The highest BCUT2D eigenvalue weighted by Crippen LogP contribution is 2.21. The van der Waals surface area contributed by atoms with E-state index in [0.717, 1.165) is 51.4 Å². The normalized spacial score (nSPS) is 19.2. The maximum absolute atomic E-state index is 12.8. The molecule has 7 nitrogen and oxygen atoms in total. The van der Waals surface area contributed by atoms with Crippen molar-refractivity contribution < 1.29 is 22.7 Å². The summed E-state index contributed by atoms with van der Waals surface area (Å²) >= 11 is 0. The Hall–Kier alpha value is -2.19. The molecule has 0 spiro atoms. The summed E-state index contributed by atoms with van der Waals surface area (Å²) in [7, 11) is -3.49. The van der Waals surface area contributed by atoms with Crippen LogP contribution in [-0.4, -0.2) is 50.3 Å². The molecule has 176 valence electrons. The minimum Gasteiger partial charge on any atom is -0.452 e. The highest BCUT2D eigenvalue weighted by Gasteiger charge is 2.24. The zero-order chi connectivity index (χ0) is 22.8. The number of carbonyl (C=O) groups excluding carboxylic acids is 2. The van der Waals surface area contributed by atoms with Crippen LogP contribution in [0, 0.1) is 0 Å². The summed E-state index contributed by atoms with van der Waals surface area (Å²) < 4.78 is 32.2. The second-order valence-corrected chi connectivity index (χ2v) is 10.5. The number of carbonyl (C=O) groups is 2. The molecule has 1 aromatic carbocycles. The number of hydrogen-bond donors (Lipinski definition) is 1. The Bertz CT molecular complexity index is 879. The van der Waals surface area contributed by atoms with E-state index in [9.17, 15) is 18.0 Å². The molecular formula is C24H34N2O5S. The molecule has 32 heavy (non-hydrogen) atoms. The highest BCUT2D eigenvalue weighted by atomic mass is 32.2. The molecule has 1 saturated carbocycles. The molecule has 1 amide bonds. The van der Waals surface area contributed by atoms with Crippen LogP contribution in [0.15, 0.2) is 35.2 Å². The number of ether oxygens (including phenoxy) is 1. The van der Waals surface area contributed by atoms with E-state index in [1.165, 1.54) is 18.9 Å². The van der Waals surface area contributed by atoms with Crippen LogP contribution in [-0.2, 0) is 24.3 Å². The van der Waals surface area contributed by atoms with Crippen molar-refractivity contribution in [1.82, 2.24) is 9.62 Å². The Kier molecular flexibility index (Phi) is 9.29. The maximum Gasteiger partial charge on any atom is 0.331 e. The van der Waals surface area contributed by atoms with E-state index in [4.69, 9.17) is 4.74 Å². The van der Waals surface area contributed by atoms with Gasteiger partial charge in [-0.1, -0.05) is 50.7 Å². The third kappa shape index (κ3) is 7.45. The molecule has 1 aliphatic carbocycles. The Labute approximate surface area is 191 Å². The van der Waals surface area contributed by atoms with Gasteiger partial charge in [0, 0.05) is 25.2 Å². The van der Waals surface area contributed by atoms with E-state index < -0.39 is 16.0 Å². The number of nitrogens with one attached hydrogen (secondary N) is 1. The first-order chi connectivity index (χ1) is 15.4. The second-order valence-electron chi connectivity index (χ2n) is 8.58. The van der Waals surface area contributed by atoms with Crippen LogP contribution < -0.4 is 5.32 Å². The molecule has 8 heteroatoms. The minimum atomic E-state index is -3.49. The minimum absolute atomic E-state index is 0.170. The van der Waals surface area contributed by atoms with Crippen molar-refractivity contribution in [3.8, 4) is 0 Å². The molecule has 2 aliphatic rings. The van der Waals surface area contributed by atoms with Gasteiger partial charge in [0.1, 0.15) is 0 Å². The molecule has 2 fully saturated rings. The SMILES string of the molecule is O=C(COC(=O)/C=C/c1ccc(S(=O)(=O)N2CCCCCC2)cc1)NC1CCCCCC1. The molecule has 0 bridgehead atoms. The van der Waals surface area contributed by atoms with Crippen molar-refractivity contribution in [3.05, 3.63) is 35.9 Å². The molecule has 0 aromatic heterocycles. The van der Waals surface area contributed by atoms with Crippen molar-refractivity contribution in [2.45, 2.75) is 75.1 Å². The molecule has 0 radical (unpaired) electrons. The second kappa shape index (κ2) is 12.2. The van der Waals surface area contributed by atoms with E-state index >= 15 is 0 Å². The number of nitrogens with zero attached hydrogens (tertiary/aromatic N) is 1. The van der Waals surface area contributed by atoms with E-state index in [1.807, 2.05) is 0 Å². The zero-order valence-electron chi connectivity index (χ0n) is 18.6. The first kappa shape index (κ1) is 24.5. The van der Waals surface area contributed by atoms with Crippen molar-refractivity contribution in [3.63, 3.8) is 0 Å². The number of sulfonamides is 1. The van der Waals surface area contributed by atoms with Crippen LogP contribution in [0.25, 0.3) is 6.08 Å². The smallest absolute Gasteiger partial charge is 0.331 e. The lowest BCUT2D eigenvalue weighted by Crippen LogP contribution is -2.37. The summed E-state index contributed by atoms with van der Waals surface area (Å²) in [5.41, 5.74) is 0.680. The first-order valence-electron chi connectivity index (χ1n) is 11.7. The lowest BCUT2D eigenvalue weighted by Gasteiger charge is -2.19. The lowest BCUT2D eigenvalue weighted by atomic mass is 10.1. The van der Waals surface area contributed by atoms with Gasteiger partial charge in [0.25, 0.3) is 5.91 Å². The molecule has 1 saturated heterocycles. The maximum atomic E-state index is 12.8. The lowest BCUT2D eigenvalue weighted by molar-refractivity contribution is -0.144. The molecule has 1 N–H and O–H groups in total. The topological polar surface area (TPSA) is 92.8 Å². The Balaban J connectivity index is 1.47. The van der Waals surface area contributed by atoms with Crippen LogP contribution in [0.1, 0.15) is 69.8 Å². The van der Waals surface area contributed by atoms with E-state index in [0.29, 0.717) is 18.7 Å². The predicted octanol–water partition coefficient (Wildman–Crippen LogP) is 3.65. The summed E-state index contributed by atoms with van der Waals surface area (Å²) in [6.07, 6.45) is 13.3. The summed E-state index contributed by atoms with van der Waals surface area (Å²) in [4.78, 5) is 24.2. The van der Waals surface area contributed by atoms with Gasteiger partial charge in [-0.05, 0) is 49.5 Å². The third-order valence-corrected chi connectivity index (χ3v) is 7.97. The Morgan fingerprint density at radius 1 is 0.938 bits per heavy atom. The van der Waals surface area contributed by atoms with Gasteiger partial charge in [0.05, 0.1) is 4.90 Å². The van der Waals surface area contributed by atoms with Gasteiger partial charge in [0.2, 0.25) is 10.0 Å². The van der Waals surface area contributed by atoms with E-state index in [-0.39, 0.29) is 23.5 Å². The predicted molar refractivity (Wildman–Crippen MR) is 123 cm³/mol. The van der Waals surface area contributed by atoms with Crippen molar-refractivity contribution >= 4 is 28.0 Å². The first-order valence-corrected chi connectivity index (χ1v) is 13.1. The van der Waals surface area contributed by atoms with Gasteiger partial charge < -0.3 is 10.1 Å². The van der Waals surface area contributed by atoms with Crippen LogP contribution in [0.2, 0.25) is 0 Å². The number of hydrogen-bond acceptors (Lipinski definition) is 5. The van der Waals surface area contributed by atoms with E-state index in [2.05, 4.69) is 5.32 Å². The number of benzene rings is 1. The van der Waals surface area contributed by atoms with Gasteiger partial charge in [0.15, 0.2) is 6.61 Å². The zero-order valence-corrected chi connectivity index (χ0v) is 19.4. The summed E-state index contributed by atoms with van der Waals surface area (Å²) in [5.74, 6) is -0.885. The molecule has 1 aliphatic heterocycles. The van der Waals surface area contributed by atoms with Crippen LogP contribution >= 0.6 is 0 Å².